The molecule has 4 aromatic rings. The van der Waals surface area contributed by atoms with Gasteiger partial charge in [-0.05, 0) is 24.3 Å². The highest BCUT2D eigenvalue weighted by molar-refractivity contribution is 6.02. The van der Waals surface area contributed by atoms with Crippen LogP contribution in [0.1, 0.15) is 20.8 Å². The normalized spacial score (nSPS) is 10.8. The second-order valence-corrected chi connectivity index (χ2v) is 6.31. The summed E-state index contributed by atoms with van der Waals surface area (Å²) < 4.78 is 6.47. The number of primary amides is 1. The molecule has 0 radical (unpaired) electrons. The zero-order valence-corrected chi connectivity index (χ0v) is 15.6. The molecule has 2 heterocycles. The lowest BCUT2D eigenvalue weighted by atomic mass is 10.1. The number of nitrogens with zero attached hydrogens (tertiary/aromatic N) is 3. The van der Waals surface area contributed by atoms with Gasteiger partial charge in [0, 0.05) is 11.6 Å². The monoisotopic (exact) mass is 405 g/mol. The molecule has 4 rings (SSSR count). The van der Waals surface area contributed by atoms with Gasteiger partial charge in [-0.15, -0.1) is 0 Å². The van der Waals surface area contributed by atoms with E-state index >= 15 is 0 Å². The maximum absolute atomic E-state index is 12.7. The van der Waals surface area contributed by atoms with Crippen molar-refractivity contribution in [1.82, 2.24) is 19.5 Å². The molecular weight excluding hydrogens is 390 g/mol. The van der Waals surface area contributed by atoms with E-state index in [9.17, 15) is 19.5 Å². The first-order valence-corrected chi connectivity index (χ1v) is 8.70. The number of nitrogens with two attached hydrogens (primary N) is 1. The summed E-state index contributed by atoms with van der Waals surface area (Å²) in [5, 5.41) is 9.24. The van der Waals surface area contributed by atoms with Crippen LogP contribution in [-0.2, 0) is 0 Å². The molecule has 2 aromatic carbocycles. The molecule has 10 heteroatoms. The number of carboxylic acids is 1. The number of hydrogen-bond donors (Lipinski definition) is 3. The van der Waals surface area contributed by atoms with Gasteiger partial charge in [0.05, 0.1) is 18.4 Å². The van der Waals surface area contributed by atoms with E-state index in [1.54, 1.807) is 30.3 Å². The van der Waals surface area contributed by atoms with Crippen LogP contribution in [-0.4, -0.2) is 43.6 Å². The first-order valence-electron chi connectivity index (χ1n) is 8.70. The Morgan fingerprint density at radius 3 is 2.60 bits per heavy atom. The average Bonchev–Trinajstić information content (AvgIpc) is 3.08. The van der Waals surface area contributed by atoms with Crippen LogP contribution in [0.2, 0.25) is 0 Å². The van der Waals surface area contributed by atoms with Crippen molar-refractivity contribution in [2.24, 2.45) is 5.73 Å². The van der Waals surface area contributed by atoms with Gasteiger partial charge < -0.3 is 20.6 Å². The Kier molecular flexibility index (Phi) is 4.51. The van der Waals surface area contributed by atoms with Crippen LogP contribution in [0.15, 0.2) is 53.3 Å². The van der Waals surface area contributed by atoms with Crippen molar-refractivity contribution in [3.8, 4) is 22.8 Å². The first-order chi connectivity index (χ1) is 14.4. The van der Waals surface area contributed by atoms with Gasteiger partial charge in [-0.2, -0.15) is 0 Å². The topological polar surface area (TPSA) is 153 Å². The molecule has 2 aromatic heterocycles. The van der Waals surface area contributed by atoms with Gasteiger partial charge >= 0.3 is 11.7 Å². The largest absolute Gasteiger partial charge is 0.497 e. The van der Waals surface area contributed by atoms with Crippen molar-refractivity contribution < 1.29 is 19.4 Å². The number of aromatic amines is 1. The number of nitrogens with one attached hydrogen (secondary N) is 1. The van der Waals surface area contributed by atoms with Crippen molar-refractivity contribution in [2.75, 3.05) is 7.11 Å². The summed E-state index contributed by atoms with van der Waals surface area (Å²) in [6.45, 7) is 0. The lowest BCUT2D eigenvalue weighted by Gasteiger charge is -2.08. The molecule has 10 nitrogen and oxygen atoms in total. The molecule has 30 heavy (non-hydrogen) atoms. The average molecular weight is 405 g/mol. The maximum atomic E-state index is 12.7. The van der Waals surface area contributed by atoms with E-state index < -0.39 is 17.6 Å². The smallest absolute Gasteiger partial charge is 0.335 e. The standard InChI is InChI=1S/C20H15N5O5/c1-30-13-7-3-6-12(9-13)25-18-15(23-20(25)29)14(16(21)26)22-17(24-18)10-4-2-5-11(8-10)19(27)28/h2-9H,1H3,(H2,21,26)(H,23,29)(H,27,28). The van der Waals surface area contributed by atoms with Crippen LogP contribution in [0, 0.1) is 0 Å². The number of rotatable bonds is 5. The van der Waals surface area contributed by atoms with Gasteiger partial charge in [-0.25, -0.2) is 24.1 Å². The van der Waals surface area contributed by atoms with E-state index in [0.717, 1.165) is 0 Å². The van der Waals surface area contributed by atoms with E-state index in [4.69, 9.17) is 10.5 Å². The van der Waals surface area contributed by atoms with Crippen LogP contribution in [0.5, 0.6) is 5.75 Å². The van der Waals surface area contributed by atoms with Crippen molar-refractivity contribution in [1.29, 1.82) is 0 Å². The summed E-state index contributed by atoms with van der Waals surface area (Å²) in [6.07, 6.45) is 0. The van der Waals surface area contributed by atoms with E-state index in [-0.39, 0.29) is 28.2 Å². The SMILES string of the molecule is COc1cccc(-n2c(=O)[nH]c3c(C(N)=O)nc(-c4cccc(C(=O)O)c4)nc32)c1. The Morgan fingerprint density at radius 1 is 1.13 bits per heavy atom. The van der Waals surface area contributed by atoms with Gasteiger partial charge in [0.15, 0.2) is 17.2 Å². The van der Waals surface area contributed by atoms with E-state index in [0.29, 0.717) is 17.0 Å². The second-order valence-electron chi connectivity index (χ2n) is 6.31. The molecule has 1 amide bonds. The number of ether oxygens (including phenoxy) is 1. The number of aromatic nitrogens is 4. The molecule has 0 unspecified atom stereocenters. The number of benzene rings is 2. The van der Waals surface area contributed by atoms with Gasteiger partial charge in [0.1, 0.15) is 11.3 Å². The Labute approximate surface area is 168 Å². The first kappa shape index (κ1) is 18.9. The molecule has 0 aliphatic heterocycles. The quantitative estimate of drug-likeness (QED) is 0.455. The summed E-state index contributed by atoms with van der Waals surface area (Å²) in [5.74, 6) is -1.41. The molecule has 0 spiro atoms. The highest BCUT2D eigenvalue weighted by Gasteiger charge is 2.20. The molecule has 4 N–H and O–H groups in total. The second kappa shape index (κ2) is 7.17. The van der Waals surface area contributed by atoms with Crippen molar-refractivity contribution in [3.63, 3.8) is 0 Å². The van der Waals surface area contributed by atoms with Crippen LogP contribution in [0.3, 0.4) is 0 Å². The van der Waals surface area contributed by atoms with Crippen molar-refractivity contribution >= 4 is 23.0 Å². The third-order valence-electron chi connectivity index (χ3n) is 4.45. The van der Waals surface area contributed by atoms with Crippen LogP contribution < -0.4 is 16.2 Å². The molecule has 0 aliphatic rings. The molecule has 0 saturated heterocycles. The molecular formula is C20H15N5O5. The molecule has 150 valence electrons. The zero-order chi connectivity index (χ0) is 21.4. The van der Waals surface area contributed by atoms with Gasteiger partial charge in [-0.1, -0.05) is 18.2 Å². The minimum absolute atomic E-state index is 0.0241. The number of aromatic carboxylic acids is 1. The maximum Gasteiger partial charge on any atom is 0.335 e. The van der Waals surface area contributed by atoms with Gasteiger partial charge in [0.2, 0.25) is 0 Å². The van der Waals surface area contributed by atoms with E-state index in [2.05, 4.69) is 15.0 Å². The van der Waals surface area contributed by atoms with Gasteiger partial charge in [0.25, 0.3) is 5.91 Å². The fourth-order valence-corrected chi connectivity index (χ4v) is 3.07. The Balaban J connectivity index is 2.03. The minimum Gasteiger partial charge on any atom is -0.497 e. The number of fused-ring (bicyclic) bond motifs is 1. The predicted molar refractivity (Wildman–Crippen MR) is 107 cm³/mol. The third-order valence-corrected chi connectivity index (χ3v) is 4.45. The Bertz CT molecular complexity index is 1370. The lowest BCUT2D eigenvalue weighted by molar-refractivity contribution is 0.0696. The fourth-order valence-electron chi connectivity index (χ4n) is 3.07. The minimum atomic E-state index is -1.12. The summed E-state index contributed by atoms with van der Waals surface area (Å²) >= 11 is 0. The van der Waals surface area contributed by atoms with Gasteiger partial charge in [-0.3, -0.25) is 4.79 Å². The van der Waals surface area contributed by atoms with Crippen LogP contribution in [0.4, 0.5) is 0 Å². The van der Waals surface area contributed by atoms with Crippen LogP contribution in [0.25, 0.3) is 28.2 Å². The summed E-state index contributed by atoms with van der Waals surface area (Å²) in [6, 6.07) is 12.6. The highest BCUT2D eigenvalue weighted by atomic mass is 16.5. The van der Waals surface area contributed by atoms with Crippen molar-refractivity contribution in [3.05, 3.63) is 70.3 Å². The summed E-state index contributed by atoms with van der Waals surface area (Å²) in [5.41, 5.74) is 5.76. The molecule has 0 saturated carbocycles. The number of hydrogen-bond acceptors (Lipinski definition) is 6. The fraction of sp³-hybridized carbons (Fsp3) is 0.0500. The molecule has 0 bridgehead atoms. The number of imidazole rings is 1. The number of H-pyrrole nitrogens is 1. The summed E-state index contributed by atoms with van der Waals surface area (Å²) in [7, 11) is 1.50. The number of amides is 1. The Hall–Kier alpha value is -4.47. The highest BCUT2D eigenvalue weighted by Crippen LogP contribution is 2.24. The van der Waals surface area contributed by atoms with Crippen molar-refractivity contribution in [2.45, 2.75) is 0 Å². The van der Waals surface area contributed by atoms with E-state index in [1.807, 2.05) is 0 Å². The van der Waals surface area contributed by atoms with E-state index in [1.165, 1.54) is 29.9 Å². The number of carbonyl (C=O) groups excluding carboxylic acids is 1. The number of carboxylic acid groups (broad SMARTS) is 1. The number of carbonyl (C=O) groups is 2. The summed E-state index contributed by atoms with van der Waals surface area (Å²) in [4.78, 5) is 47.1. The zero-order valence-electron chi connectivity index (χ0n) is 15.6. The van der Waals surface area contributed by atoms with Crippen LogP contribution >= 0.6 is 0 Å². The Morgan fingerprint density at radius 2 is 1.90 bits per heavy atom. The predicted octanol–water partition coefficient (Wildman–Crippen LogP) is 1.58. The number of methoxy groups -OCH3 is 1. The molecule has 0 fully saturated rings. The molecule has 0 atom stereocenters. The lowest BCUT2D eigenvalue weighted by Crippen LogP contribution is -2.15. The molecule has 0 aliphatic carbocycles. The third kappa shape index (κ3) is 3.15.